The molecule has 3 N–H and O–H groups in total. The summed E-state index contributed by atoms with van der Waals surface area (Å²) in [6.07, 6.45) is 1.69. The lowest BCUT2D eigenvalue weighted by Gasteiger charge is -2.18. The molecule has 0 fully saturated rings. The molecule has 0 radical (unpaired) electrons. The highest BCUT2D eigenvalue weighted by Gasteiger charge is 2.18. The third-order valence-electron chi connectivity index (χ3n) is 2.71. The number of rotatable bonds is 3. The Kier molecular flexibility index (Phi) is 4.06. The lowest BCUT2D eigenvalue weighted by Crippen LogP contribution is -2.29. The Labute approximate surface area is 113 Å². The largest absolute Gasteiger partial charge is 0.271 e. The monoisotopic (exact) mass is 309 g/mol. The lowest BCUT2D eigenvalue weighted by atomic mass is 9.99. The third kappa shape index (κ3) is 2.58. The minimum atomic E-state index is -0.399. The molecule has 0 saturated heterocycles. The maximum Gasteiger partial charge on any atom is 0.142 e. The molecule has 0 aliphatic carbocycles. The Morgan fingerprint density at radius 3 is 2.83 bits per heavy atom. The van der Waals surface area contributed by atoms with Crippen LogP contribution in [0.1, 0.15) is 22.9 Å². The molecule has 0 saturated carbocycles. The standard InChI is InChI=1S/C13H13BrFN3/c1-8-7-9(5-6-17-8)13(18-16)10-3-2-4-11(14)12(10)15/h2-7,13,18H,16H2,1H3. The molecule has 1 aromatic carbocycles. The van der Waals surface area contributed by atoms with Crippen molar-refractivity contribution in [1.29, 1.82) is 0 Å². The molecular weight excluding hydrogens is 297 g/mol. The summed E-state index contributed by atoms with van der Waals surface area (Å²) < 4.78 is 14.5. The van der Waals surface area contributed by atoms with E-state index in [0.717, 1.165) is 11.3 Å². The highest BCUT2D eigenvalue weighted by atomic mass is 79.9. The van der Waals surface area contributed by atoms with Crippen molar-refractivity contribution in [3.05, 3.63) is 63.6 Å². The number of hydrazine groups is 1. The second-order valence-electron chi connectivity index (χ2n) is 3.97. The van der Waals surface area contributed by atoms with Gasteiger partial charge in [-0.1, -0.05) is 12.1 Å². The van der Waals surface area contributed by atoms with Crippen LogP contribution >= 0.6 is 15.9 Å². The number of hydrogen-bond donors (Lipinski definition) is 2. The first kappa shape index (κ1) is 13.1. The van der Waals surface area contributed by atoms with Crippen molar-refractivity contribution in [3.8, 4) is 0 Å². The number of nitrogens with zero attached hydrogens (tertiary/aromatic N) is 1. The van der Waals surface area contributed by atoms with Crippen molar-refractivity contribution in [3.63, 3.8) is 0 Å². The van der Waals surface area contributed by atoms with Crippen LogP contribution in [0.15, 0.2) is 41.0 Å². The molecule has 2 aromatic rings. The van der Waals surface area contributed by atoms with E-state index in [1.54, 1.807) is 24.4 Å². The van der Waals surface area contributed by atoms with Gasteiger partial charge in [0.1, 0.15) is 5.82 Å². The van der Waals surface area contributed by atoms with Gasteiger partial charge in [-0.3, -0.25) is 10.8 Å². The first-order chi connectivity index (χ1) is 8.63. The fourth-order valence-corrected chi connectivity index (χ4v) is 2.24. The molecule has 1 aromatic heterocycles. The summed E-state index contributed by atoms with van der Waals surface area (Å²) >= 11 is 3.17. The summed E-state index contributed by atoms with van der Waals surface area (Å²) in [7, 11) is 0. The normalized spacial score (nSPS) is 12.4. The molecule has 1 atom stereocenters. The maximum atomic E-state index is 14.1. The van der Waals surface area contributed by atoms with Crippen molar-refractivity contribution < 1.29 is 4.39 Å². The fourth-order valence-electron chi connectivity index (χ4n) is 1.86. The maximum absolute atomic E-state index is 14.1. The van der Waals surface area contributed by atoms with Crippen LogP contribution in [0.4, 0.5) is 4.39 Å². The summed E-state index contributed by atoms with van der Waals surface area (Å²) in [4.78, 5) is 4.12. The quantitative estimate of drug-likeness (QED) is 0.677. The SMILES string of the molecule is Cc1cc(C(NN)c2cccc(Br)c2F)ccn1. The predicted molar refractivity (Wildman–Crippen MR) is 72.2 cm³/mol. The summed E-state index contributed by atoms with van der Waals surface area (Å²) in [5, 5.41) is 0. The van der Waals surface area contributed by atoms with Crippen LogP contribution in [0.5, 0.6) is 0 Å². The van der Waals surface area contributed by atoms with Crippen molar-refractivity contribution in [2.24, 2.45) is 5.84 Å². The molecule has 0 amide bonds. The summed E-state index contributed by atoms with van der Waals surface area (Å²) in [6.45, 7) is 1.88. The molecule has 2 rings (SSSR count). The molecule has 94 valence electrons. The van der Waals surface area contributed by atoms with Gasteiger partial charge in [-0.2, -0.15) is 0 Å². The molecule has 5 heteroatoms. The Hall–Kier alpha value is -1.30. The van der Waals surface area contributed by atoms with Crippen LogP contribution in [0.2, 0.25) is 0 Å². The number of benzene rings is 1. The number of aryl methyl sites for hydroxylation is 1. The Bertz CT molecular complexity index is 560. The fraction of sp³-hybridized carbons (Fsp3) is 0.154. The third-order valence-corrected chi connectivity index (χ3v) is 3.33. The van der Waals surface area contributed by atoms with E-state index in [-0.39, 0.29) is 5.82 Å². The molecule has 0 bridgehead atoms. The van der Waals surface area contributed by atoms with E-state index in [1.807, 2.05) is 19.1 Å². The molecular formula is C13H13BrFN3. The van der Waals surface area contributed by atoms with Gasteiger partial charge in [-0.15, -0.1) is 0 Å². The van der Waals surface area contributed by atoms with Gasteiger partial charge < -0.3 is 0 Å². The van der Waals surface area contributed by atoms with Crippen LogP contribution in [0.3, 0.4) is 0 Å². The number of nitrogens with two attached hydrogens (primary N) is 1. The van der Waals surface area contributed by atoms with Crippen LogP contribution < -0.4 is 11.3 Å². The molecule has 1 unspecified atom stereocenters. The topological polar surface area (TPSA) is 50.9 Å². The van der Waals surface area contributed by atoms with Gasteiger partial charge in [0.15, 0.2) is 0 Å². The van der Waals surface area contributed by atoms with E-state index in [4.69, 9.17) is 5.84 Å². The van der Waals surface area contributed by atoms with E-state index < -0.39 is 6.04 Å². The molecule has 3 nitrogen and oxygen atoms in total. The molecule has 0 aliphatic rings. The number of aromatic nitrogens is 1. The number of hydrogen-bond acceptors (Lipinski definition) is 3. The minimum Gasteiger partial charge on any atom is -0.271 e. The first-order valence-corrected chi connectivity index (χ1v) is 6.25. The zero-order valence-electron chi connectivity index (χ0n) is 9.82. The Morgan fingerprint density at radius 2 is 2.17 bits per heavy atom. The van der Waals surface area contributed by atoms with Gasteiger partial charge >= 0.3 is 0 Å². The summed E-state index contributed by atoms with van der Waals surface area (Å²) in [5.74, 6) is 5.24. The first-order valence-electron chi connectivity index (χ1n) is 5.46. The van der Waals surface area contributed by atoms with Gasteiger partial charge in [-0.25, -0.2) is 9.82 Å². The molecule has 18 heavy (non-hydrogen) atoms. The van der Waals surface area contributed by atoms with Crippen molar-refractivity contribution in [2.75, 3.05) is 0 Å². The number of halogens is 2. The van der Waals surface area contributed by atoms with Crippen LogP contribution in [-0.2, 0) is 0 Å². The van der Waals surface area contributed by atoms with Crippen molar-refractivity contribution in [2.45, 2.75) is 13.0 Å². The second-order valence-corrected chi connectivity index (χ2v) is 4.83. The zero-order chi connectivity index (χ0) is 13.1. The number of pyridine rings is 1. The summed E-state index contributed by atoms with van der Waals surface area (Å²) in [6, 6.07) is 8.44. The van der Waals surface area contributed by atoms with Crippen LogP contribution in [0, 0.1) is 12.7 Å². The van der Waals surface area contributed by atoms with Crippen molar-refractivity contribution in [1.82, 2.24) is 10.4 Å². The molecule has 1 heterocycles. The average molecular weight is 310 g/mol. The van der Waals surface area contributed by atoms with E-state index in [1.165, 1.54) is 0 Å². The molecule has 0 spiro atoms. The van der Waals surface area contributed by atoms with E-state index in [2.05, 4.69) is 26.3 Å². The van der Waals surface area contributed by atoms with E-state index >= 15 is 0 Å². The van der Waals surface area contributed by atoms with E-state index in [0.29, 0.717) is 10.0 Å². The van der Waals surface area contributed by atoms with Gasteiger partial charge in [-0.05, 0) is 46.6 Å². The highest BCUT2D eigenvalue weighted by molar-refractivity contribution is 9.10. The zero-order valence-corrected chi connectivity index (χ0v) is 11.4. The number of nitrogens with one attached hydrogen (secondary N) is 1. The summed E-state index contributed by atoms with van der Waals surface area (Å²) in [5.41, 5.74) is 4.88. The van der Waals surface area contributed by atoms with E-state index in [9.17, 15) is 4.39 Å². The van der Waals surface area contributed by atoms with Crippen molar-refractivity contribution >= 4 is 15.9 Å². The van der Waals surface area contributed by atoms with Gasteiger partial charge in [0, 0.05) is 17.5 Å². The Morgan fingerprint density at radius 1 is 1.39 bits per heavy atom. The second kappa shape index (κ2) is 5.56. The minimum absolute atomic E-state index is 0.310. The smallest absolute Gasteiger partial charge is 0.142 e. The predicted octanol–water partition coefficient (Wildman–Crippen LogP) is 2.84. The van der Waals surface area contributed by atoms with Gasteiger partial charge in [0.25, 0.3) is 0 Å². The van der Waals surface area contributed by atoms with Gasteiger partial charge in [0.2, 0.25) is 0 Å². The Balaban J connectivity index is 2.49. The molecule has 0 aliphatic heterocycles. The van der Waals surface area contributed by atoms with Crippen LogP contribution in [-0.4, -0.2) is 4.98 Å². The highest BCUT2D eigenvalue weighted by Crippen LogP contribution is 2.27. The average Bonchev–Trinajstić information content (AvgIpc) is 2.35. The lowest BCUT2D eigenvalue weighted by molar-refractivity contribution is 0.555. The van der Waals surface area contributed by atoms with Gasteiger partial charge in [0.05, 0.1) is 10.5 Å². The van der Waals surface area contributed by atoms with Crippen LogP contribution in [0.25, 0.3) is 0 Å².